The Bertz CT molecular complexity index is 1040. The summed E-state index contributed by atoms with van der Waals surface area (Å²) in [6.07, 6.45) is 15.5. The third kappa shape index (κ3) is 4.65. The number of nitrogens with zero attached hydrogens (tertiary/aromatic N) is 3. The normalized spacial score (nSPS) is 18.3. The molecule has 162 valence electrons. The topological polar surface area (TPSA) is 59.3 Å². The van der Waals surface area contributed by atoms with Crippen molar-refractivity contribution in [1.82, 2.24) is 19.9 Å². The van der Waals surface area contributed by atoms with Crippen LogP contribution < -0.4 is 5.32 Å². The molecule has 0 spiro atoms. The summed E-state index contributed by atoms with van der Waals surface area (Å²) in [7, 11) is 0. The van der Waals surface area contributed by atoms with Gasteiger partial charge in [-0.05, 0) is 49.4 Å². The highest BCUT2D eigenvalue weighted by Gasteiger charge is 2.18. The Hall–Kier alpha value is -2.69. The van der Waals surface area contributed by atoms with E-state index in [-0.39, 0.29) is 5.91 Å². The fourth-order valence-electron chi connectivity index (χ4n) is 5.24. The van der Waals surface area contributed by atoms with Crippen molar-refractivity contribution >= 4 is 11.6 Å². The minimum absolute atomic E-state index is 0.0218. The molecule has 2 heterocycles. The standard InChI is InChI=1S/C26H32N4O/c31-26(28-22-12-5-2-6-13-22)21-11-7-10-20(17-21)24-18-27-25-15-14-23(29-30(24)25)16-19-8-3-1-4-9-19/h7,10-11,14-15,17-19,22H,1-6,8-9,12-13,16H2,(H,28,31). The van der Waals surface area contributed by atoms with Gasteiger partial charge >= 0.3 is 0 Å². The molecule has 1 amide bonds. The largest absolute Gasteiger partial charge is 0.349 e. The Morgan fingerprint density at radius 3 is 2.55 bits per heavy atom. The van der Waals surface area contributed by atoms with Gasteiger partial charge in [-0.3, -0.25) is 4.79 Å². The molecule has 1 aromatic carbocycles. The Morgan fingerprint density at radius 2 is 1.74 bits per heavy atom. The Balaban J connectivity index is 1.37. The van der Waals surface area contributed by atoms with Crippen LogP contribution in [0.1, 0.15) is 80.3 Å². The summed E-state index contributed by atoms with van der Waals surface area (Å²) in [6, 6.07) is 12.4. The number of fused-ring (bicyclic) bond motifs is 1. The van der Waals surface area contributed by atoms with E-state index in [2.05, 4.69) is 22.4 Å². The monoisotopic (exact) mass is 416 g/mol. The number of aromatic nitrogens is 3. The maximum absolute atomic E-state index is 12.8. The molecule has 5 heteroatoms. The van der Waals surface area contributed by atoms with Gasteiger partial charge in [-0.25, -0.2) is 9.50 Å². The summed E-state index contributed by atoms with van der Waals surface area (Å²) in [5.41, 5.74) is 4.60. The zero-order chi connectivity index (χ0) is 21.0. The number of hydrogen-bond acceptors (Lipinski definition) is 3. The number of nitrogens with one attached hydrogen (secondary N) is 1. The highest BCUT2D eigenvalue weighted by molar-refractivity contribution is 5.95. The van der Waals surface area contributed by atoms with Gasteiger partial charge in [-0.1, -0.05) is 63.5 Å². The summed E-state index contributed by atoms with van der Waals surface area (Å²) >= 11 is 0. The second kappa shape index (κ2) is 9.21. The number of carbonyl (C=O) groups excluding carboxylic acids is 1. The smallest absolute Gasteiger partial charge is 0.251 e. The predicted octanol–water partition coefficient (Wildman–Crippen LogP) is 5.58. The minimum atomic E-state index is 0.0218. The maximum Gasteiger partial charge on any atom is 0.251 e. The van der Waals surface area contributed by atoms with Crippen molar-refractivity contribution in [3.8, 4) is 11.3 Å². The van der Waals surface area contributed by atoms with Crippen LogP contribution in [0.2, 0.25) is 0 Å². The first-order valence-corrected chi connectivity index (χ1v) is 12.0. The van der Waals surface area contributed by atoms with Crippen LogP contribution in [0.4, 0.5) is 0 Å². The molecule has 0 bridgehead atoms. The number of carbonyl (C=O) groups is 1. The first-order valence-electron chi connectivity index (χ1n) is 12.0. The average molecular weight is 417 g/mol. The number of benzene rings is 1. The molecule has 2 aliphatic carbocycles. The number of rotatable bonds is 5. The molecule has 5 nitrogen and oxygen atoms in total. The van der Waals surface area contributed by atoms with Gasteiger partial charge in [0.05, 0.1) is 17.6 Å². The Morgan fingerprint density at radius 1 is 0.968 bits per heavy atom. The molecule has 3 aromatic rings. The second-order valence-electron chi connectivity index (χ2n) is 9.34. The Kier molecular flexibility index (Phi) is 6.01. The zero-order valence-corrected chi connectivity index (χ0v) is 18.2. The van der Waals surface area contributed by atoms with Crippen molar-refractivity contribution in [2.45, 2.75) is 76.7 Å². The van der Waals surface area contributed by atoms with E-state index < -0.39 is 0 Å². The average Bonchev–Trinajstić information content (AvgIpc) is 3.24. The first-order chi connectivity index (χ1) is 15.3. The van der Waals surface area contributed by atoms with Crippen molar-refractivity contribution in [2.75, 3.05) is 0 Å². The van der Waals surface area contributed by atoms with E-state index in [1.54, 1.807) is 0 Å². The molecule has 0 aliphatic heterocycles. The molecule has 2 aromatic heterocycles. The molecule has 2 aliphatic rings. The highest BCUT2D eigenvalue weighted by atomic mass is 16.1. The fraction of sp³-hybridized carbons (Fsp3) is 0.500. The van der Waals surface area contributed by atoms with Crippen LogP contribution in [0, 0.1) is 5.92 Å². The van der Waals surface area contributed by atoms with Gasteiger partial charge in [0.15, 0.2) is 5.65 Å². The van der Waals surface area contributed by atoms with Crippen LogP contribution in [-0.4, -0.2) is 26.5 Å². The van der Waals surface area contributed by atoms with Gasteiger partial charge in [0.1, 0.15) is 0 Å². The lowest BCUT2D eigenvalue weighted by molar-refractivity contribution is 0.0927. The van der Waals surface area contributed by atoms with Gasteiger partial charge in [0, 0.05) is 17.2 Å². The molecule has 2 fully saturated rings. The van der Waals surface area contributed by atoms with E-state index in [1.807, 2.05) is 35.0 Å². The SMILES string of the molecule is O=C(NC1CCCCC1)c1cccc(-c2cnc3ccc(CC4CCCCC4)nn23)c1. The summed E-state index contributed by atoms with van der Waals surface area (Å²) in [6.45, 7) is 0. The van der Waals surface area contributed by atoms with Crippen molar-refractivity contribution in [3.05, 3.63) is 53.9 Å². The van der Waals surface area contributed by atoms with Crippen molar-refractivity contribution in [2.24, 2.45) is 5.92 Å². The third-order valence-electron chi connectivity index (χ3n) is 7.00. The van der Waals surface area contributed by atoms with Crippen molar-refractivity contribution in [1.29, 1.82) is 0 Å². The third-order valence-corrected chi connectivity index (χ3v) is 7.00. The van der Waals surface area contributed by atoms with Crippen LogP contribution in [0.15, 0.2) is 42.6 Å². The van der Waals surface area contributed by atoms with Gasteiger partial charge in [-0.2, -0.15) is 5.10 Å². The molecular formula is C26H32N4O. The van der Waals surface area contributed by atoms with E-state index in [0.717, 1.165) is 47.8 Å². The van der Waals surface area contributed by atoms with Gasteiger partial charge in [0.2, 0.25) is 0 Å². The number of amides is 1. The first kappa shape index (κ1) is 20.2. The summed E-state index contributed by atoms with van der Waals surface area (Å²) in [4.78, 5) is 17.4. The van der Waals surface area contributed by atoms with Gasteiger partial charge in [-0.15, -0.1) is 0 Å². The lowest BCUT2D eigenvalue weighted by Crippen LogP contribution is -2.36. The number of hydrogen-bond donors (Lipinski definition) is 1. The predicted molar refractivity (Wildman–Crippen MR) is 123 cm³/mol. The maximum atomic E-state index is 12.8. The lowest BCUT2D eigenvalue weighted by Gasteiger charge is -2.22. The van der Waals surface area contributed by atoms with E-state index in [1.165, 1.54) is 51.4 Å². The highest BCUT2D eigenvalue weighted by Crippen LogP contribution is 2.27. The summed E-state index contributed by atoms with van der Waals surface area (Å²) in [5.74, 6) is 0.769. The fourth-order valence-corrected chi connectivity index (χ4v) is 5.24. The van der Waals surface area contributed by atoms with E-state index in [4.69, 9.17) is 5.10 Å². The second-order valence-corrected chi connectivity index (χ2v) is 9.34. The molecule has 0 atom stereocenters. The molecule has 0 unspecified atom stereocenters. The van der Waals surface area contributed by atoms with Crippen LogP contribution in [-0.2, 0) is 6.42 Å². The van der Waals surface area contributed by atoms with E-state index in [9.17, 15) is 4.79 Å². The molecule has 0 saturated heterocycles. The molecule has 2 saturated carbocycles. The zero-order valence-electron chi connectivity index (χ0n) is 18.2. The summed E-state index contributed by atoms with van der Waals surface area (Å²) < 4.78 is 1.94. The quantitative estimate of drug-likeness (QED) is 0.590. The lowest BCUT2D eigenvalue weighted by atomic mass is 9.86. The molecule has 1 N–H and O–H groups in total. The molecule has 31 heavy (non-hydrogen) atoms. The Labute approximate surface area is 184 Å². The minimum Gasteiger partial charge on any atom is -0.349 e. The van der Waals surface area contributed by atoms with E-state index in [0.29, 0.717) is 11.6 Å². The van der Waals surface area contributed by atoms with Crippen LogP contribution in [0.3, 0.4) is 0 Å². The van der Waals surface area contributed by atoms with E-state index >= 15 is 0 Å². The van der Waals surface area contributed by atoms with Crippen LogP contribution >= 0.6 is 0 Å². The van der Waals surface area contributed by atoms with Crippen LogP contribution in [0.25, 0.3) is 16.9 Å². The van der Waals surface area contributed by atoms with Crippen molar-refractivity contribution < 1.29 is 4.79 Å². The van der Waals surface area contributed by atoms with Gasteiger partial charge < -0.3 is 5.32 Å². The number of imidazole rings is 1. The van der Waals surface area contributed by atoms with Gasteiger partial charge in [0.25, 0.3) is 5.91 Å². The summed E-state index contributed by atoms with van der Waals surface area (Å²) in [5, 5.41) is 8.15. The molecule has 0 radical (unpaired) electrons. The molecule has 5 rings (SSSR count). The molecular weight excluding hydrogens is 384 g/mol. The van der Waals surface area contributed by atoms with Crippen LogP contribution in [0.5, 0.6) is 0 Å². The van der Waals surface area contributed by atoms with Crippen molar-refractivity contribution in [3.63, 3.8) is 0 Å².